The first-order valence-corrected chi connectivity index (χ1v) is 8.09. The fraction of sp³-hybridized carbons (Fsp3) is 0.278. The van der Waals surface area contributed by atoms with E-state index in [1.807, 2.05) is 0 Å². The smallest absolute Gasteiger partial charge is 0.251 e. The number of pyridine rings is 1. The number of aromatic nitrogens is 1. The Bertz CT molecular complexity index is 787. The number of carbonyl (C=O) groups excluding carboxylic acids is 2. The standard InChI is InChI=1S/C18H18FN3O4/c19-13-3-1-2-12(8-13)18(25)22-14-10-26-15(16(14)23)9-21-17(24)11-4-6-20-7-5-11/h1-8,14-16,23H,9-10H2,(H,21,24)(H,22,25)/t14-,15-,16+/m1/s1. The van der Waals surface area contributed by atoms with Crippen molar-refractivity contribution in [2.45, 2.75) is 18.2 Å². The molecule has 0 radical (unpaired) electrons. The molecule has 3 atom stereocenters. The minimum atomic E-state index is -0.995. The molecule has 0 bridgehead atoms. The van der Waals surface area contributed by atoms with Crippen LogP contribution in [0.4, 0.5) is 4.39 Å². The highest BCUT2D eigenvalue weighted by molar-refractivity contribution is 5.94. The summed E-state index contributed by atoms with van der Waals surface area (Å²) < 4.78 is 18.7. The van der Waals surface area contributed by atoms with Gasteiger partial charge in [-0.15, -0.1) is 0 Å². The van der Waals surface area contributed by atoms with Crippen LogP contribution in [0.1, 0.15) is 20.7 Å². The number of nitrogens with zero attached hydrogens (tertiary/aromatic N) is 1. The number of rotatable bonds is 5. The number of ether oxygens (including phenoxy) is 1. The minimum Gasteiger partial charge on any atom is -0.388 e. The van der Waals surface area contributed by atoms with Crippen molar-refractivity contribution in [1.82, 2.24) is 15.6 Å². The van der Waals surface area contributed by atoms with Gasteiger partial charge in [-0.1, -0.05) is 6.07 Å². The van der Waals surface area contributed by atoms with E-state index in [4.69, 9.17) is 4.74 Å². The Labute approximate surface area is 149 Å². The molecule has 7 nitrogen and oxygen atoms in total. The molecule has 1 fully saturated rings. The van der Waals surface area contributed by atoms with Crippen molar-refractivity contribution in [2.75, 3.05) is 13.2 Å². The summed E-state index contributed by atoms with van der Waals surface area (Å²) in [5.41, 5.74) is 0.607. The molecule has 3 rings (SSSR count). The average Bonchev–Trinajstić information content (AvgIpc) is 3.00. The molecule has 1 aromatic heterocycles. The Morgan fingerprint density at radius 3 is 2.69 bits per heavy atom. The van der Waals surface area contributed by atoms with Crippen LogP contribution in [0, 0.1) is 5.82 Å². The van der Waals surface area contributed by atoms with E-state index in [0.717, 1.165) is 6.07 Å². The van der Waals surface area contributed by atoms with Gasteiger partial charge in [0, 0.05) is 30.1 Å². The van der Waals surface area contributed by atoms with Crippen LogP contribution >= 0.6 is 0 Å². The monoisotopic (exact) mass is 359 g/mol. The molecule has 2 heterocycles. The molecule has 1 saturated heterocycles. The number of benzene rings is 1. The second-order valence-corrected chi connectivity index (χ2v) is 5.90. The van der Waals surface area contributed by atoms with Crippen molar-refractivity contribution >= 4 is 11.8 Å². The number of carbonyl (C=O) groups is 2. The second-order valence-electron chi connectivity index (χ2n) is 5.90. The van der Waals surface area contributed by atoms with Gasteiger partial charge >= 0.3 is 0 Å². The molecule has 0 saturated carbocycles. The number of nitrogens with one attached hydrogen (secondary N) is 2. The predicted molar refractivity (Wildman–Crippen MR) is 90.0 cm³/mol. The first-order chi connectivity index (χ1) is 12.5. The number of hydrogen-bond acceptors (Lipinski definition) is 5. The van der Waals surface area contributed by atoms with Gasteiger partial charge in [-0.3, -0.25) is 14.6 Å². The summed E-state index contributed by atoms with van der Waals surface area (Å²) in [4.78, 5) is 28.0. The van der Waals surface area contributed by atoms with Crippen molar-refractivity contribution in [3.05, 3.63) is 65.7 Å². The largest absolute Gasteiger partial charge is 0.388 e. The molecule has 1 aliphatic heterocycles. The lowest BCUT2D eigenvalue weighted by Gasteiger charge is -2.19. The third kappa shape index (κ3) is 4.22. The van der Waals surface area contributed by atoms with E-state index in [-0.39, 0.29) is 24.6 Å². The topological polar surface area (TPSA) is 101 Å². The quantitative estimate of drug-likeness (QED) is 0.722. The lowest BCUT2D eigenvalue weighted by atomic mass is 10.1. The number of halogens is 1. The van der Waals surface area contributed by atoms with Gasteiger partial charge in [-0.25, -0.2) is 4.39 Å². The van der Waals surface area contributed by atoms with Gasteiger partial charge in [-0.05, 0) is 30.3 Å². The molecule has 2 aromatic rings. The van der Waals surface area contributed by atoms with E-state index < -0.39 is 30.0 Å². The van der Waals surface area contributed by atoms with Gasteiger partial charge in [0.1, 0.15) is 18.0 Å². The number of hydrogen-bond donors (Lipinski definition) is 3. The molecule has 0 spiro atoms. The maximum Gasteiger partial charge on any atom is 0.251 e. The third-order valence-corrected chi connectivity index (χ3v) is 4.09. The molecule has 8 heteroatoms. The first kappa shape index (κ1) is 18.0. The van der Waals surface area contributed by atoms with Crippen LogP contribution in [-0.4, -0.2) is 53.3 Å². The molecular weight excluding hydrogens is 341 g/mol. The van der Waals surface area contributed by atoms with Gasteiger partial charge in [0.15, 0.2) is 0 Å². The Hall–Kier alpha value is -2.84. The van der Waals surface area contributed by atoms with E-state index in [9.17, 15) is 19.1 Å². The predicted octanol–water partition coefficient (Wildman–Crippen LogP) is 0.509. The number of amides is 2. The van der Waals surface area contributed by atoms with Gasteiger partial charge in [0.25, 0.3) is 11.8 Å². The first-order valence-electron chi connectivity index (χ1n) is 8.09. The average molecular weight is 359 g/mol. The van der Waals surface area contributed by atoms with E-state index in [0.29, 0.717) is 5.56 Å². The molecular formula is C18H18FN3O4. The van der Waals surface area contributed by atoms with Crippen LogP contribution in [-0.2, 0) is 4.74 Å². The molecule has 0 aliphatic carbocycles. The summed E-state index contributed by atoms with van der Waals surface area (Å²) in [5, 5.41) is 15.6. The summed E-state index contributed by atoms with van der Waals surface area (Å²) >= 11 is 0. The highest BCUT2D eigenvalue weighted by atomic mass is 19.1. The van der Waals surface area contributed by atoms with Crippen molar-refractivity contribution < 1.29 is 23.8 Å². The maximum absolute atomic E-state index is 13.2. The summed E-state index contributed by atoms with van der Waals surface area (Å²) in [6.07, 6.45) is 1.37. The molecule has 0 unspecified atom stereocenters. The summed E-state index contributed by atoms with van der Waals surface area (Å²) in [6, 6.07) is 7.77. The Balaban J connectivity index is 1.52. The van der Waals surface area contributed by atoms with Gasteiger partial charge < -0.3 is 20.5 Å². The maximum atomic E-state index is 13.2. The van der Waals surface area contributed by atoms with Crippen LogP contribution < -0.4 is 10.6 Å². The van der Waals surface area contributed by atoms with Gasteiger partial charge in [-0.2, -0.15) is 0 Å². The fourth-order valence-corrected chi connectivity index (χ4v) is 2.67. The van der Waals surface area contributed by atoms with Crippen molar-refractivity contribution in [1.29, 1.82) is 0 Å². The third-order valence-electron chi connectivity index (χ3n) is 4.09. The van der Waals surface area contributed by atoms with E-state index in [1.165, 1.54) is 30.6 Å². The van der Waals surface area contributed by atoms with E-state index >= 15 is 0 Å². The van der Waals surface area contributed by atoms with Crippen LogP contribution in [0.3, 0.4) is 0 Å². The molecule has 3 N–H and O–H groups in total. The van der Waals surface area contributed by atoms with Crippen LogP contribution in [0.25, 0.3) is 0 Å². The highest BCUT2D eigenvalue weighted by Gasteiger charge is 2.37. The van der Waals surface area contributed by atoms with Gasteiger partial charge in [0.05, 0.1) is 12.6 Å². The Kier molecular flexibility index (Phi) is 5.55. The van der Waals surface area contributed by atoms with Crippen molar-refractivity contribution in [2.24, 2.45) is 0 Å². The number of aliphatic hydroxyl groups excluding tert-OH is 1. The lowest BCUT2D eigenvalue weighted by Crippen LogP contribution is -2.46. The van der Waals surface area contributed by atoms with Crippen LogP contribution in [0.5, 0.6) is 0 Å². The molecule has 1 aliphatic rings. The van der Waals surface area contributed by atoms with E-state index in [1.54, 1.807) is 12.1 Å². The van der Waals surface area contributed by atoms with Crippen molar-refractivity contribution in [3.63, 3.8) is 0 Å². The Morgan fingerprint density at radius 1 is 1.19 bits per heavy atom. The summed E-state index contributed by atoms with van der Waals surface area (Å²) in [7, 11) is 0. The molecule has 1 aromatic carbocycles. The zero-order valence-corrected chi connectivity index (χ0v) is 13.8. The minimum absolute atomic E-state index is 0.0919. The molecule has 136 valence electrons. The molecule has 26 heavy (non-hydrogen) atoms. The van der Waals surface area contributed by atoms with Gasteiger partial charge in [0.2, 0.25) is 0 Å². The molecule has 2 amide bonds. The van der Waals surface area contributed by atoms with Crippen molar-refractivity contribution in [3.8, 4) is 0 Å². The normalized spacial score (nSPS) is 22.0. The zero-order valence-electron chi connectivity index (χ0n) is 13.8. The zero-order chi connectivity index (χ0) is 18.5. The summed E-state index contributed by atoms with van der Waals surface area (Å²) in [6.45, 7) is 0.187. The Morgan fingerprint density at radius 2 is 1.96 bits per heavy atom. The van der Waals surface area contributed by atoms with Crippen LogP contribution in [0.15, 0.2) is 48.8 Å². The second kappa shape index (κ2) is 8.03. The lowest BCUT2D eigenvalue weighted by molar-refractivity contribution is 0.0396. The van der Waals surface area contributed by atoms with E-state index in [2.05, 4.69) is 15.6 Å². The highest BCUT2D eigenvalue weighted by Crippen LogP contribution is 2.15. The fourth-order valence-electron chi connectivity index (χ4n) is 2.67. The van der Waals surface area contributed by atoms with Crippen LogP contribution in [0.2, 0.25) is 0 Å². The SMILES string of the molecule is O=C(NC[C@H]1OC[C@@H](NC(=O)c2cccc(F)c2)[C@@H]1O)c1ccncc1. The summed E-state index contributed by atoms with van der Waals surface area (Å²) in [5.74, 6) is -1.33. The number of aliphatic hydroxyl groups is 1.